The lowest BCUT2D eigenvalue weighted by Crippen LogP contribution is -2.41. The van der Waals surface area contributed by atoms with Crippen molar-refractivity contribution in [1.82, 2.24) is 0 Å². The number of allylic oxidation sites excluding steroid dienone is 2. The summed E-state index contributed by atoms with van der Waals surface area (Å²) in [6.45, 7) is 23.4. The summed E-state index contributed by atoms with van der Waals surface area (Å²) in [6.07, 6.45) is 4.43. The van der Waals surface area contributed by atoms with Gasteiger partial charge in [-0.15, -0.1) is 0 Å². The molecule has 156 valence electrons. The number of methoxy groups -OCH3 is 1. The molecule has 0 saturated heterocycles. The van der Waals surface area contributed by atoms with Crippen LogP contribution in [0.25, 0.3) is 5.57 Å². The average molecular weight is 401 g/mol. The second-order valence-corrected chi connectivity index (χ2v) is 14.7. The predicted octanol–water partition coefficient (Wildman–Crippen LogP) is 7.27. The van der Waals surface area contributed by atoms with Crippen LogP contribution in [0.1, 0.15) is 58.1 Å². The summed E-state index contributed by atoms with van der Waals surface area (Å²) < 4.78 is 11.8. The van der Waals surface area contributed by atoms with Gasteiger partial charge in [-0.1, -0.05) is 45.6 Å². The van der Waals surface area contributed by atoms with Gasteiger partial charge in [-0.05, 0) is 91.4 Å². The van der Waals surface area contributed by atoms with Crippen LogP contribution < -0.4 is 4.74 Å². The van der Waals surface area contributed by atoms with Crippen LogP contribution in [0.5, 0.6) is 5.75 Å². The van der Waals surface area contributed by atoms with Crippen LogP contribution in [0.2, 0.25) is 18.1 Å². The molecule has 0 amide bonds. The third kappa shape index (κ3) is 5.18. The molecule has 0 N–H and O–H groups in total. The van der Waals surface area contributed by atoms with E-state index in [1.165, 1.54) is 22.3 Å². The Hall–Kier alpha value is -1.32. The zero-order valence-electron chi connectivity index (χ0n) is 19.2. The van der Waals surface area contributed by atoms with Gasteiger partial charge >= 0.3 is 0 Å². The summed E-state index contributed by atoms with van der Waals surface area (Å²) in [5, 5.41) is 0.267. The Bertz CT molecular complexity index is 712. The Morgan fingerprint density at radius 2 is 1.96 bits per heavy atom. The maximum Gasteiger partial charge on any atom is 0.191 e. The minimum Gasteiger partial charge on any atom is -0.497 e. The molecule has 3 heteroatoms. The van der Waals surface area contributed by atoms with Crippen molar-refractivity contribution in [3.05, 3.63) is 48.1 Å². The Morgan fingerprint density at radius 3 is 2.54 bits per heavy atom. The summed E-state index contributed by atoms with van der Waals surface area (Å²) in [5.41, 5.74) is 5.21. The molecule has 1 aromatic rings. The predicted molar refractivity (Wildman–Crippen MR) is 125 cm³/mol. The van der Waals surface area contributed by atoms with E-state index in [1.807, 2.05) is 0 Å². The number of hydrogen-bond donors (Lipinski definition) is 0. The molecule has 0 bridgehead atoms. The van der Waals surface area contributed by atoms with Crippen LogP contribution in [0.3, 0.4) is 0 Å². The molecule has 0 saturated carbocycles. The van der Waals surface area contributed by atoms with E-state index in [0.29, 0.717) is 11.8 Å². The maximum atomic E-state index is 6.39. The molecule has 2 nitrogen and oxygen atoms in total. The third-order valence-electron chi connectivity index (χ3n) is 6.88. The topological polar surface area (TPSA) is 18.5 Å². The number of benzene rings is 1. The van der Waals surface area contributed by atoms with Crippen molar-refractivity contribution in [3.63, 3.8) is 0 Å². The number of rotatable bonds is 8. The van der Waals surface area contributed by atoms with Crippen LogP contribution in [0.15, 0.2) is 36.9 Å². The minimum atomic E-state index is -1.67. The molecule has 1 aliphatic carbocycles. The summed E-state index contributed by atoms with van der Waals surface area (Å²) in [5.74, 6) is 1.89. The van der Waals surface area contributed by atoms with Crippen molar-refractivity contribution in [2.75, 3.05) is 13.7 Å². The SMILES string of the molecule is C=C(C)[C@H](CCCO[Si](C)(C)C(C)(C)C)[C@H]1CCc2cc(OC)ccc2C1=C. The molecule has 0 spiro atoms. The summed E-state index contributed by atoms with van der Waals surface area (Å²) in [6, 6.07) is 6.40. The molecular weight excluding hydrogens is 360 g/mol. The van der Waals surface area contributed by atoms with Gasteiger partial charge in [0.25, 0.3) is 0 Å². The molecule has 0 unspecified atom stereocenters. The Kier molecular flexibility index (Phi) is 7.38. The highest BCUT2D eigenvalue weighted by Gasteiger charge is 2.37. The highest BCUT2D eigenvalue weighted by Crippen LogP contribution is 2.43. The van der Waals surface area contributed by atoms with Gasteiger partial charge in [0.15, 0.2) is 8.32 Å². The summed E-state index contributed by atoms with van der Waals surface area (Å²) in [7, 11) is 0.0619. The van der Waals surface area contributed by atoms with Gasteiger partial charge in [0.1, 0.15) is 5.75 Å². The Morgan fingerprint density at radius 1 is 1.29 bits per heavy atom. The number of ether oxygens (including phenoxy) is 1. The van der Waals surface area contributed by atoms with Crippen molar-refractivity contribution < 1.29 is 9.16 Å². The van der Waals surface area contributed by atoms with Crippen molar-refractivity contribution in [2.24, 2.45) is 11.8 Å². The first kappa shape index (κ1) is 23.0. The normalized spacial score (nSPS) is 18.5. The third-order valence-corrected chi connectivity index (χ3v) is 11.4. The van der Waals surface area contributed by atoms with Gasteiger partial charge in [-0.2, -0.15) is 0 Å². The van der Waals surface area contributed by atoms with E-state index in [4.69, 9.17) is 9.16 Å². The number of hydrogen-bond acceptors (Lipinski definition) is 2. The lowest BCUT2D eigenvalue weighted by Gasteiger charge is -2.37. The highest BCUT2D eigenvalue weighted by molar-refractivity contribution is 6.74. The first-order valence-corrected chi connectivity index (χ1v) is 13.5. The lowest BCUT2D eigenvalue weighted by atomic mass is 9.71. The highest BCUT2D eigenvalue weighted by atomic mass is 28.4. The Balaban J connectivity index is 2.02. The fraction of sp³-hybridized carbons (Fsp3) is 0.600. The maximum absolute atomic E-state index is 6.39. The first-order chi connectivity index (χ1) is 13.0. The van der Waals surface area contributed by atoms with E-state index in [0.717, 1.165) is 38.0 Å². The molecule has 0 aliphatic heterocycles. The van der Waals surface area contributed by atoms with Gasteiger partial charge in [-0.25, -0.2) is 0 Å². The molecule has 0 fully saturated rings. The van der Waals surface area contributed by atoms with Crippen molar-refractivity contribution in [2.45, 2.75) is 71.5 Å². The van der Waals surface area contributed by atoms with E-state index in [1.54, 1.807) is 7.11 Å². The summed E-state index contributed by atoms with van der Waals surface area (Å²) >= 11 is 0. The van der Waals surface area contributed by atoms with Crippen molar-refractivity contribution >= 4 is 13.9 Å². The van der Waals surface area contributed by atoms with E-state index < -0.39 is 8.32 Å². The molecular formula is C25H40O2Si. The Labute approximate surface area is 174 Å². The van der Waals surface area contributed by atoms with Crippen LogP contribution in [0, 0.1) is 11.8 Å². The lowest BCUT2D eigenvalue weighted by molar-refractivity contribution is 0.263. The van der Waals surface area contributed by atoms with Gasteiger partial charge in [0.05, 0.1) is 7.11 Å². The van der Waals surface area contributed by atoms with Crippen molar-refractivity contribution in [1.29, 1.82) is 0 Å². The fourth-order valence-electron chi connectivity index (χ4n) is 3.98. The zero-order chi connectivity index (χ0) is 21.1. The van der Waals surface area contributed by atoms with Gasteiger partial charge < -0.3 is 9.16 Å². The second-order valence-electron chi connectivity index (χ2n) is 9.90. The number of fused-ring (bicyclic) bond motifs is 1. The van der Waals surface area contributed by atoms with Crippen LogP contribution in [0.4, 0.5) is 0 Å². The molecule has 0 heterocycles. The molecule has 1 aromatic carbocycles. The first-order valence-electron chi connectivity index (χ1n) is 10.6. The molecule has 1 aliphatic rings. The molecule has 2 rings (SSSR count). The van der Waals surface area contributed by atoms with E-state index in [9.17, 15) is 0 Å². The number of aryl methyl sites for hydroxylation is 1. The quantitative estimate of drug-likeness (QED) is 0.259. The smallest absolute Gasteiger partial charge is 0.191 e. The monoisotopic (exact) mass is 400 g/mol. The molecule has 0 radical (unpaired) electrons. The van der Waals surface area contributed by atoms with E-state index in [-0.39, 0.29) is 5.04 Å². The standard InChI is InChI=1S/C25H40O2Si/c1-18(2)22(11-10-16-27-28(8,9)25(4,5)6)24-14-12-20-17-21(26-7)13-15-23(20)19(24)3/h13,15,17,22,24H,1,3,10-12,14,16H2,2,4-9H3/t22-,24-/m0/s1. The zero-order valence-corrected chi connectivity index (χ0v) is 20.2. The largest absolute Gasteiger partial charge is 0.497 e. The van der Waals surface area contributed by atoms with Crippen molar-refractivity contribution in [3.8, 4) is 5.75 Å². The average Bonchev–Trinajstić information content (AvgIpc) is 2.61. The second kappa shape index (κ2) is 9.00. The van der Waals surface area contributed by atoms with Gasteiger partial charge in [-0.3, -0.25) is 0 Å². The van der Waals surface area contributed by atoms with E-state index >= 15 is 0 Å². The van der Waals surface area contributed by atoms with Gasteiger partial charge in [0, 0.05) is 6.61 Å². The molecule has 2 atom stereocenters. The fourth-order valence-corrected chi connectivity index (χ4v) is 5.07. The van der Waals surface area contributed by atoms with Crippen LogP contribution >= 0.6 is 0 Å². The van der Waals surface area contributed by atoms with E-state index in [2.05, 4.69) is 72.1 Å². The minimum absolute atomic E-state index is 0.267. The van der Waals surface area contributed by atoms with Crippen LogP contribution in [-0.4, -0.2) is 22.0 Å². The summed E-state index contributed by atoms with van der Waals surface area (Å²) in [4.78, 5) is 0. The molecule has 28 heavy (non-hydrogen) atoms. The van der Waals surface area contributed by atoms with Crippen LogP contribution in [-0.2, 0) is 10.8 Å². The molecule has 0 aromatic heterocycles. The van der Waals surface area contributed by atoms with Gasteiger partial charge in [0.2, 0.25) is 0 Å².